The predicted octanol–water partition coefficient (Wildman–Crippen LogP) is 2.06. The predicted molar refractivity (Wildman–Crippen MR) is 95.9 cm³/mol. The van der Waals surface area contributed by atoms with Crippen molar-refractivity contribution in [2.24, 2.45) is 0 Å². The molecule has 2 aliphatic heterocycles. The molecule has 0 aliphatic carbocycles. The lowest BCUT2D eigenvalue weighted by atomic mass is 10.1. The van der Waals surface area contributed by atoms with Crippen LogP contribution in [0.1, 0.15) is 10.4 Å². The lowest BCUT2D eigenvalue weighted by Crippen LogP contribution is -2.20. The number of rotatable bonds is 6. The van der Waals surface area contributed by atoms with Crippen molar-refractivity contribution in [3.8, 4) is 11.5 Å². The highest BCUT2D eigenvalue weighted by Crippen LogP contribution is 2.32. The largest absolute Gasteiger partial charge is 0.470 e. The van der Waals surface area contributed by atoms with Crippen LogP contribution in [-0.4, -0.2) is 37.5 Å². The molecule has 2 aromatic rings. The molecule has 0 aromatic heterocycles. The molecule has 8 heteroatoms. The zero-order valence-electron chi connectivity index (χ0n) is 14.6. The van der Waals surface area contributed by atoms with Gasteiger partial charge < -0.3 is 24.3 Å². The van der Waals surface area contributed by atoms with Gasteiger partial charge in [0.25, 0.3) is 0 Å². The molecule has 0 bridgehead atoms. The van der Waals surface area contributed by atoms with Crippen molar-refractivity contribution in [3.63, 3.8) is 0 Å². The second kappa shape index (κ2) is 7.43. The molecule has 0 atom stereocenters. The molecule has 2 aliphatic rings. The molecule has 4 rings (SSSR count). The summed E-state index contributed by atoms with van der Waals surface area (Å²) in [5, 5.41) is 2.87. The summed E-state index contributed by atoms with van der Waals surface area (Å²) in [5.41, 5.74) is 0.707. The minimum Gasteiger partial charge on any atom is -0.470 e. The summed E-state index contributed by atoms with van der Waals surface area (Å²) < 4.78 is 20.7. The molecule has 0 unspecified atom stereocenters. The molecule has 0 spiro atoms. The maximum absolute atomic E-state index is 12.4. The van der Waals surface area contributed by atoms with Gasteiger partial charge in [0, 0.05) is 11.3 Å². The third kappa shape index (κ3) is 3.52. The van der Waals surface area contributed by atoms with Crippen molar-refractivity contribution in [2.45, 2.75) is 0 Å². The smallest absolute Gasteiger partial charge is 0.347 e. The fourth-order valence-electron chi connectivity index (χ4n) is 2.72. The Kier molecular flexibility index (Phi) is 4.67. The summed E-state index contributed by atoms with van der Waals surface area (Å²) in [5.74, 6) is -0.862. The summed E-state index contributed by atoms with van der Waals surface area (Å²) in [4.78, 5) is 36.7. The van der Waals surface area contributed by atoms with Crippen LogP contribution >= 0.6 is 0 Å². The number of carbonyl (C=O) groups excluding carboxylic acids is 3. The number of hydrogen-bond donors (Lipinski definition) is 1. The number of nitrogens with one attached hydrogen (secondary N) is 1. The lowest BCUT2D eigenvalue weighted by Gasteiger charge is -2.09. The first-order valence-corrected chi connectivity index (χ1v) is 8.44. The van der Waals surface area contributed by atoms with Crippen LogP contribution in [0, 0.1) is 0 Å². The van der Waals surface area contributed by atoms with E-state index in [0.717, 1.165) is 0 Å². The van der Waals surface area contributed by atoms with E-state index in [1.807, 2.05) is 6.07 Å². The third-order valence-corrected chi connectivity index (χ3v) is 4.12. The van der Waals surface area contributed by atoms with E-state index in [-0.39, 0.29) is 24.9 Å². The van der Waals surface area contributed by atoms with Crippen molar-refractivity contribution in [3.05, 3.63) is 65.6 Å². The van der Waals surface area contributed by atoms with Gasteiger partial charge >= 0.3 is 5.97 Å². The molecule has 1 N–H and O–H groups in total. The average Bonchev–Trinajstić information content (AvgIpc) is 3.32. The SMILES string of the molecule is O=C1COC(Nc2ccccc2)=C1C(=O)OCC(=O)c1ccc2c(c1)OCO2. The second-order valence-corrected chi connectivity index (χ2v) is 5.97. The second-order valence-electron chi connectivity index (χ2n) is 5.97. The average molecular weight is 381 g/mol. The van der Waals surface area contributed by atoms with E-state index >= 15 is 0 Å². The Morgan fingerprint density at radius 1 is 1.00 bits per heavy atom. The Morgan fingerprint density at radius 2 is 1.79 bits per heavy atom. The Bertz CT molecular complexity index is 981. The van der Waals surface area contributed by atoms with Crippen molar-refractivity contribution < 1.29 is 33.3 Å². The molecule has 8 nitrogen and oxygen atoms in total. The minimum atomic E-state index is -0.921. The topological polar surface area (TPSA) is 100 Å². The van der Waals surface area contributed by atoms with Gasteiger partial charge in [0.05, 0.1) is 0 Å². The summed E-state index contributed by atoms with van der Waals surface area (Å²) >= 11 is 0. The lowest BCUT2D eigenvalue weighted by molar-refractivity contribution is -0.139. The molecule has 0 saturated carbocycles. The fourth-order valence-corrected chi connectivity index (χ4v) is 2.72. The number of ketones is 2. The zero-order chi connectivity index (χ0) is 19.5. The Hall–Kier alpha value is -3.81. The number of ether oxygens (including phenoxy) is 4. The number of Topliss-reactive ketones (excluding diaryl/α,β-unsaturated/α-hetero) is 2. The van der Waals surface area contributed by atoms with Gasteiger partial charge in [0.15, 0.2) is 36.1 Å². The highest BCUT2D eigenvalue weighted by Gasteiger charge is 2.33. The van der Waals surface area contributed by atoms with Gasteiger partial charge in [0.1, 0.15) is 0 Å². The number of benzene rings is 2. The first-order valence-electron chi connectivity index (χ1n) is 8.44. The molecule has 0 saturated heterocycles. The van der Waals surface area contributed by atoms with Crippen LogP contribution in [0.15, 0.2) is 60.0 Å². The molecule has 0 fully saturated rings. The Labute approximate surface area is 159 Å². The van der Waals surface area contributed by atoms with Crippen LogP contribution in [0.4, 0.5) is 5.69 Å². The molecule has 28 heavy (non-hydrogen) atoms. The molecular formula is C20H15NO7. The summed E-state index contributed by atoms with van der Waals surface area (Å²) in [6.07, 6.45) is 0. The number of anilines is 1. The zero-order valence-corrected chi connectivity index (χ0v) is 14.6. The highest BCUT2D eigenvalue weighted by molar-refractivity contribution is 6.20. The minimum absolute atomic E-state index is 0.0109. The van der Waals surface area contributed by atoms with E-state index in [2.05, 4.69) is 5.32 Å². The normalized spacial score (nSPS) is 14.6. The van der Waals surface area contributed by atoms with Crippen molar-refractivity contribution in [1.29, 1.82) is 0 Å². The summed E-state index contributed by atoms with van der Waals surface area (Å²) in [6, 6.07) is 13.6. The van der Waals surface area contributed by atoms with Crippen LogP contribution in [0.2, 0.25) is 0 Å². The van der Waals surface area contributed by atoms with Crippen LogP contribution in [0.5, 0.6) is 11.5 Å². The number of carbonyl (C=O) groups is 3. The van der Waals surface area contributed by atoms with E-state index in [1.165, 1.54) is 6.07 Å². The fraction of sp³-hybridized carbons (Fsp3) is 0.150. The van der Waals surface area contributed by atoms with Gasteiger partial charge in [-0.2, -0.15) is 0 Å². The van der Waals surface area contributed by atoms with Crippen LogP contribution in [0.3, 0.4) is 0 Å². The van der Waals surface area contributed by atoms with Gasteiger partial charge in [-0.1, -0.05) is 18.2 Å². The molecule has 0 amide bonds. The van der Waals surface area contributed by atoms with Crippen LogP contribution < -0.4 is 14.8 Å². The summed E-state index contributed by atoms with van der Waals surface area (Å²) in [6.45, 7) is -0.695. The molecule has 2 aromatic carbocycles. The Balaban J connectivity index is 1.43. The molecule has 142 valence electrons. The van der Waals surface area contributed by atoms with Gasteiger partial charge in [-0.3, -0.25) is 9.59 Å². The maximum Gasteiger partial charge on any atom is 0.347 e. The first kappa shape index (κ1) is 17.6. The number of hydrogen-bond acceptors (Lipinski definition) is 8. The van der Waals surface area contributed by atoms with Gasteiger partial charge in [0.2, 0.25) is 18.5 Å². The van der Waals surface area contributed by atoms with Crippen molar-refractivity contribution in [1.82, 2.24) is 0 Å². The van der Waals surface area contributed by atoms with Gasteiger partial charge in [-0.05, 0) is 30.3 Å². The van der Waals surface area contributed by atoms with E-state index in [0.29, 0.717) is 22.7 Å². The van der Waals surface area contributed by atoms with E-state index < -0.39 is 24.1 Å². The van der Waals surface area contributed by atoms with Gasteiger partial charge in [-0.15, -0.1) is 0 Å². The molecular weight excluding hydrogens is 366 g/mol. The van der Waals surface area contributed by atoms with Crippen molar-refractivity contribution >= 4 is 23.2 Å². The van der Waals surface area contributed by atoms with Crippen molar-refractivity contribution in [2.75, 3.05) is 25.3 Å². The van der Waals surface area contributed by atoms with E-state index in [9.17, 15) is 14.4 Å². The molecule has 0 radical (unpaired) electrons. The monoisotopic (exact) mass is 381 g/mol. The van der Waals surface area contributed by atoms with Crippen LogP contribution in [0.25, 0.3) is 0 Å². The number of para-hydroxylation sites is 1. The number of esters is 1. The first-order chi connectivity index (χ1) is 13.6. The standard InChI is InChI=1S/C20H15NO7/c22-14(12-6-7-16-17(8-12)28-11-27-16)9-26-20(24)18-15(23)10-25-19(18)21-13-4-2-1-3-5-13/h1-8,21H,9-11H2. The highest BCUT2D eigenvalue weighted by atomic mass is 16.7. The summed E-state index contributed by atoms with van der Waals surface area (Å²) in [7, 11) is 0. The third-order valence-electron chi connectivity index (χ3n) is 4.12. The Morgan fingerprint density at radius 3 is 2.61 bits per heavy atom. The maximum atomic E-state index is 12.4. The van der Waals surface area contributed by atoms with Gasteiger partial charge in [-0.25, -0.2) is 4.79 Å². The van der Waals surface area contributed by atoms with E-state index in [4.69, 9.17) is 18.9 Å². The van der Waals surface area contributed by atoms with E-state index in [1.54, 1.807) is 36.4 Å². The van der Waals surface area contributed by atoms with Crippen LogP contribution in [-0.2, 0) is 19.1 Å². The number of fused-ring (bicyclic) bond motifs is 1. The molecule has 2 heterocycles. The quantitative estimate of drug-likeness (QED) is 0.461.